The fourth-order valence-electron chi connectivity index (χ4n) is 2.96. The number of piperazine rings is 1. The fourth-order valence-corrected chi connectivity index (χ4v) is 2.96. The van der Waals surface area contributed by atoms with Gasteiger partial charge in [-0.2, -0.15) is 0 Å². The van der Waals surface area contributed by atoms with Crippen LogP contribution in [0.3, 0.4) is 0 Å². The van der Waals surface area contributed by atoms with Crippen LogP contribution >= 0.6 is 0 Å². The number of benzene rings is 1. The summed E-state index contributed by atoms with van der Waals surface area (Å²) < 4.78 is 5.20. The van der Waals surface area contributed by atoms with E-state index in [0.717, 1.165) is 32.7 Å². The van der Waals surface area contributed by atoms with Crippen molar-refractivity contribution in [3.63, 3.8) is 0 Å². The summed E-state index contributed by atoms with van der Waals surface area (Å²) >= 11 is 0. The molecule has 1 fully saturated rings. The Balaban J connectivity index is 2.11. The van der Waals surface area contributed by atoms with E-state index >= 15 is 0 Å². The number of methoxy groups -OCH3 is 1. The molecule has 0 bridgehead atoms. The maximum absolute atomic E-state index is 5.20. The molecule has 3 nitrogen and oxygen atoms in total. The van der Waals surface area contributed by atoms with Gasteiger partial charge in [-0.25, -0.2) is 0 Å². The normalized spacial score (nSPS) is 26.6. The first-order valence-corrected chi connectivity index (χ1v) is 7.52. The molecular formula is C17H28N2O. The molecule has 1 aliphatic rings. The molecule has 0 radical (unpaired) electrons. The number of nitrogens with one attached hydrogen (secondary N) is 1. The number of hydrogen-bond acceptors (Lipinski definition) is 3. The molecule has 2 rings (SSSR count). The lowest BCUT2D eigenvalue weighted by atomic mass is 9.85. The second-order valence-electron chi connectivity index (χ2n) is 6.63. The van der Waals surface area contributed by atoms with Crippen molar-refractivity contribution >= 4 is 0 Å². The lowest BCUT2D eigenvalue weighted by Gasteiger charge is -2.51. The fraction of sp³-hybridized carbons (Fsp3) is 0.647. The van der Waals surface area contributed by atoms with E-state index in [1.807, 2.05) is 0 Å². The Hall–Kier alpha value is -0.900. The minimum absolute atomic E-state index is 0.0316. The molecule has 1 saturated heterocycles. The molecule has 3 heteroatoms. The summed E-state index contributed by atoms with van der Waals surface area (Å²) in [5, 5.41) is 3.75. The van der Waals surface area contributed by atoms with Crippen LogP contribution in [0.25, 0.3) is 0 Å². The molecule has 0 amide bonds. The van der Waals surface area contributed by atoms with Crippen molar-refractivity contribution in [2.24, 2.45) is 0 Å². The zero-order valence-corrected chi connectivity index (χ0v) is 13.3. The molecule has 1 aromatic carbocycles. The van der Waals surface area contributed by atoms with Gasteiger partial charge >= 0.3 is 0 Å². The Morgan fingerprint density at radius 3 is 2.55 bits per heavy atom. The summed E-state index contributed by atoms with van der Waals surface area (Å²) in [5.74, 6) is 0. The van der Waals surface area contributed by atoms with E-state index in [-0.39, 0.29) is 11.1 Å². The van der Waals surface area contributed by atoms with Crippen LogP contribution < -0.4 is 5.32 Å². The highest BCUT2D eigenvalue weighted by atomic mass is 16.5. The first-order chi connectivity index (χ1) is 9.48. The Bertz CT molecular complexity index is 418. The molecule has 1 aromatic rings. The smallest absolute Gasteiger partial charge is 0.0535 e. The van der Waals surface area contributed by atoms with Gasteiger partial charge < -0.3 is 10.1 Å². The Kier molecular flexibility index (Phi) is 4.84. The summed E-state index contributed by atoms with van der Waals surface area (Å²) in [6, 6.07) is 10.8. The summed E-state index contributed by atoms with van der Waals surface area (Å²) in [6.45, 7) is 10.9. The topological polar surface area (TPSA) is 24.5 Å². The minimum atomic E-state index is 0.0316. The van der Waals surface area contributed by atoms with Gasteiger partial charge in [0, 0.05) is 38.9 Å². The van der Waals surface area contributed by atoms with Crippen molar-refractivity contribution in [3.8, 4) is 0 Å². The average Bonchev–Trinajstić information content (AvgIpc) is 2.44. The van der Waals surface area contributed by atoms with E-state index in [9.17, 15) is 0 Å². The van der Waals surface area contributed by atoms with Gasteiger partial charge in [-0.15, -0.1) is 0 Å². The van der Waals surface area contributed by atoms with Crippen LogP contribution in [0.4, 0.5) is 0 Å². The zero-order chi connectivity index (χ0) is 14.6. The number of ether oxygens (including phenoxy) is 1. The summed E-state index contributed by atoms with van der Waals surface area (Å²) in [6.07, 6.45) is 1.09. The van der Waals surface area contributed by atoms with Gasteiger partial charge in [0.15, 0.2) is 0 Å². The van der Waals surface area contributed by atoms with Crippen LogP contribution in [-0.4, -0.2) is 43.8 Å². The first kappa shape index (κ1) is 15.5. The van der Waals surface area contributed by atoms with Gasteiger partial charge in [-0.1, -0.05) is 30.3 Å². The van der Waals surface area contributed by atoms with E-state index in [4.69, 9.17) is 4.74 Å². The second kappa shape index (κ2) is 6.25. The third-order valence-electron chi connectivity index (χ3n) is 4.46. The lowest BCUT2D eigenvalue weighted by Crippen LogP contribution is -2.65. The van der Waals surface area contributed by atoms with Crippen LogP contribution in [0.2, 0.25) is 0 Å². The standard InChI is InChI=1S/C17H28N2O/c1-16(2)13-18-17(3,15-9-6-5-7-10-15)14-19(16)11-8-12-20-4/h5-7,9-10,18H,8,11-14H2,1-4H3. The predicted molar refractivity (Wildman–Crippen MR) is 83.9 cm³/mol. The minimum Gasteiger partial charge on any atom is -0.385 e. The van der Waals surface area contributed by atoms with Crippen molar-refractivity contribution in [1.82, 2.24) is 10.2 Å². The summed E-state index contributed by atoms with van der Waals surface area (Å²) in [4.78, 5) is 2.59. The summed E-state index contributed by atoms with van der Waals surface area (Å²) in [5.41, 5.74) is 1.60. The van der Waals surface area contributed by atoms with Crippen LogP contribution in [-0.2, 0) is 10.3 Å². The first-order valence-electron chi connectivity index (χ1n) is 7.52. The van der Waals surface area contributed by atoms with Crippen LogP contribution in [0.5, 0.6) is 0 Å². The quantitative estimate of drug-likeness (QED) is 0.837. The molecule has 0 aromatic heterocycles. The molecule has 1 N–H and O–H groups in total. The van der Waals surface area contributed by atoms with Crippen molar-refractivity contribution in [2.75, 3.05) is 33.4 Å². The highest BCUT2D eigenvalue weighted by molar-refractivity contribution is 5.25. The van der Waals surface area contributed by atoms with E-state index in [0.29, 0.717) is 0 Å². The molecule has 1 heterocycles. The van der Waals surface area contributed by atoms with Gasteiger partial charge in [-0.05, 0) is 32.8 Å². The average molecular weight is 276 g/mol. The maximum atomic E-state index is 5.20. The predicted octanol–water partition coefficient (Wildman–Crippen LogP) is 2.62. The SMILES string of the molecule is COCCCN1CC(C)(c2ccccc2)NCC1(C)C. The van der Waals surface area contributed by atoms with Gasteiger partial charge in [0.05, 0.1) is 5.54 Å². The third kappa shape index (κ3) is 3.40. The van der Waals surface area contributed by atoms with Crippen molar-refractivity contribution in [2.45, 2.75) is 38.3 Å². The molecule has 0 spiro atoms. The van der Waals surface area contributed by atoms with E-state index < -0.39 is 0 Å². The third-order valence-corrected chi connectivity index (χ3v) is 4.46. The van der Waals surface area contributed by atoms with E-state index in [2.05, 4.69) is 61.3 Å². The van der Waals surface area contributed by atoms with Crippen LogP contribution in [0, 0.1) is 0 Å². The van der Waals surface area contributed by atoms with E-state index in [1.54, 1.807) is 7.11 Å². The molecular weight excluding hydrogens is 248 g/mol. The van der Waals surface area contributed by atoms with Gasteiger partial charge in [0.1, 0.15) is 0 Å². The molecule has 1 unspecified atom stereocenters. The Morgan fingerprint density at radius 1 is 1.20 bits per heavy atom. The van der Waals surface area contributed by atoms with Crippen molar-refractivity contribution in [3.05, 3.63) is 35.9 Å². The summed E-state index contributed by atoms with van der Waals surface area (Å²) in [7, 11) is 1.77. The Morgan fingerprint density at radius 2 is 1.90 bits per heavy atom. The largest absolute Gasteiger partial charge is 0.385 e. The van der Waals surface area contributed by atoms with Crippen molar-refractivity contribution < 1.29 is 4.74 Å². The Labute approximate surface area is 123 Å². The van der Waals surface area contributed by atoms with Crippen LogP contribution in [0.1, 0.15) is 32.8 Å². The molecule has 0 saturated carbocycles. The van der Waals surface area contributed by atoms with E-state index in [1.165, 1.54) is 5.56 Å². The molecule has 112 valence electrons. The van der Waals surface area contributed by atoms with Gasteiger partial charge in [0.2, 0.25) is 0 Å². The van der Waals surface area contributed by atoms with Crippen LogP contribution in [0.15, 0.2) is 30.3 Å². The molecule has 1 atom stereocenters. The molecule has 1 aliphatic heterocycles. The van der Waals surface area contributed by atoms with Gasteiger partial charge in [-0.3, -0.25) is 4.90 Å². The number of hydrogen-bond donors (Lipinski definition) is 1. The number of rotatable bonds is 5. The molecule has 0 aliphatic carbocycles. The second-order valence-corrected chi connectivity index (χ2v) is 6.63. The highest BCUT2D eigenvalue weighted by Gasteiger charge is 2.40. The highest BCUT2D eigenvalue weighted by Crippen LogP contribution is 2.30. The van der Waals surface area contributed by atoms with Crippen molar-refractivity contribution in [1.29, 1.82) is 0 Å². The molecule has 20 heavy (non-hydrogen) atoms. The lowest BCUT2D eigenvalue weighted by molar-refractivity contribution is 0.0249. The monoisotopic (exact) mass is 276 g/mol. The maximum Gasteiger partial charge on any atom is 0.0535 e. The number of nitrogens with zero attached hydrogens (tertiary/aromatic N) is 1. The van der Waals surface area contributed by atoms with Gasteiger partial charge in [0.25, 0.3) is 0 Å². The zero-order valence-electron chi connectivity index (χ0n) is 13.3.